The molecule has 0 atom stereocenters. The molecule has 0 bridgehead atoms. The van der Waals surface area contributed by atoms with E-state index in [9.17, 15) is 4.79 Å². The maximum absolute atomic E-state index is 12.3. The van der Waals surface area contributed by atoms with Crippen LogP contribution in [0.25, 0.3) is 6.08 Å². The maximum Gasteiger partial charge on any atom is 0.282 e. The topological polar surface area (TPSA) is 75.0 Å². The van der Waals surface area contributed by atoms with E-state index in [1.54, 1.807) is 19.1 Å². The van der Waals surface area contributed by atoms with Crippen molar-refractivity contribution < 1.29 is 14.4 Å². The van der Waals surface area contributed by atoms with Crippen molar-refractivity contribution in [3.8, 4) is 5.75 Å². The number of allylic oxidation sites excluding steroid dienone is 1. The number of hydrogen-bond acceptors (Lipinski definition) is 4. The first-order chi connectivity index (χ1) is 13.5. The summed E-state index contributed by atoms with van der Waals surface area (Å²) in [6, 6.07) is 15.5. The number of carbonyl (C=O) groups is 1. The minimum Gasteiger partial charge on any atom is -0.489 e. The molecule has 0 radical (unpaired) electrons. The van der Waals surface area contributed by atoms with Gasteiger partial charge in [0.25, 0.3) is 5.91 Å². The van der Waals surface area contributed by atoms with Crippen LogP contribution in [0.1, 0.15) is 23.6 Å². The first-order valence-corrected chi connectivity index (χ1v) is 8.89. The predicted molar refractivity (Wildman–Crippen MR) is 107 cm³/mol. The van der Waals surface area contributed by atoms with Gasteiger partial charge in [0.1, 0.15) is 18.1 Å². The van der Waals surface area contributed by atoms with Crippen molar-refractivity contribution in [2.45, 2.75) is 20.5 Å². The first-order valence-electron chi connectivity index (χ1n) is 8.89. The largest absolute Gasteiger partial charge is 0.489 e. The Labute approximate surface area is 162 Å². The zero-order valence-corrected chi connectivity index (χ0v) is 15.6. The number of benzene rings is 2. The fraction of sp³-hybridized carbons (Fsp3) is 0.136. The van der Waals surface area contributed by atoms with Crippen LogP contribution in [0.4, 0.5) is 0 Å². The highest BCUT2D eigenvalue weighted by molar-refractivity contribution is 6.32. The number of amides is 1. The highest BCUT2D eigenvalue weighted by Crippen LogP contribution is 2.24. The zero-order chi connectivity index (χ0) is 19.7. The van der Waals surface area contributed by atoms with Crippen LogP contribution >= 0.6 is 0 Å². The lowest BCUT2D eigenvalue weighted by atomic mass is 10.1. The van der Waals surface area contributed by atoms with Crippen LogP contribution in [0.3, 0.4) is 0 Å². The van der Waals surface area contributed by atoms with Gasteiger partial charge in [-0.3, -0.25) is 10.2 Å². The summed E-state index contributed by atoms with van der Waals surface area (Å²) in [4.78, 5) is 21.7. The van der Waals surface area contributed by atoms with Crippen molar-refractivity contribution in [2.24, 2.45) is 4.99 Å². The number of nitrogens with zero attached hydrogens (tertiary/aromatic N) is 2. The van der Waals surface area contributed by atoms with Gasteiger partial charge >= 0.3 is 0 Å². The molecule has 6 heteroatoms. The molecule has 0 spiro atoms. The van der Waals surface area contributed by atoms with E-state index in [1.807, 2.05) is 42.5 Å². The van der Waals surface area contributed by atoms with Crippen molar-refractivity contribution in [1.82, 2.24) is 5.06 Å². The normalized spacial score (nSPS) is 17.2. The molecule has 4 rings (SSSR count). The number of aliphatic imine (C=N–C) groups is 1. The summed E-state index contributed by atoms with van der Waals surface area (Å²) in [5.74, 6) is 1.18. The molecule has 0 saturated carbocycles. The highest BCUT2D eigenvalue weighted by atomic mass is 16.7. The van der Waals surface area contributed by atoms with Crippen molar-refractivity contribution in [1.29, 1.82) is 5.41 Å². The Morgan fingerprint density at radius 3 is 2.64 bits per heavy atom. The van der Waals surface area contributed by atoms with Crippen LogP contribution < -0.4 is 4.74 Å². The van der Waals surface area contributed by atoms with Crippen LogP contribution in [0.2, 0.25) is 0 Å². The summed E-state index contributed by atoms with van der Waals surface area (Å²) in [7, 11) is 0. The molecule has 0 fully saturated rings. The van der Waals surface area contributed by atoms with Crippen molar-refractivity contribution >= 4 is 23.7 Å². The third kappa shape index (κ3) is 3.44. The summed E-state index contributed by atoms with van der Waals surface area (Å²) < 4.78 is 5.84. The second-order valence-corrected chi connectivity index (χ2v) is 6.61. The molecular formula is C22H19N3O3. The van der Waals surface area contributed by atoms with Gasteiger partial charge in [0.05, 0.1) is 5.57 Å². The van der Waals surface area contributed by atoms with Gasteiger partial charge in [-0.1, -0.05) is 36.4 Å². The monoisotopic (exact) mass is 373 g/mol. The fourth-order valence-corrected chi connectivity index (χ4v) is 2.96. The van der Waals surface area contributed by atoms with Crippen LogP contribution in [0, 0.1) is 12.3 Å². The van der Waals surface area contributed by atoms with Gasteiger partial charge in [-0.15, -0.1) is 5.06 Å². The Balaban J connectivity index is 1.48. The number of amidine groups is 2. The molecule has 0 saturated heterocycles. The number of rotatable bonds is 4. The Kier molecular flexibility index (Phi) is 4.53. The summed E-state index contributed by atoms with van der Waals surface area (Å²) in [6.45, 7) is 4.29. The Hall–Kier alpha value is -3.67. The molecule has 2 aliphatic heterocycles. The second-order valence-electron chi connectivity index (χ2n) is 6.61. The summed E-state index contributed by atoms with van der Waals surface area (Å²) >= 11 is 0. The van der Waals surface area contributed by atoms with E-state index >= 15 is 0 Å². The standard InChI is InChI=1S/C22H19N3O3/c1-14-5-3-4-6-17(14)13-27-18-9-7-16(8-10-18)12-19-21(23)25-20(24-22(19)26)11-15(2)28-25/h3-12,23H,13H2,1-2H3/b19-12-,23-21?. The Bertz CT molecular complexity index is 1050. The molecule has 1 amide bonds. The molecule has 0 unspecified atom stereocenters. The molecular weight excluding hydrogens is 354 g/mol. The van der Waals surface area contributed by atoms with E-state index in [-0.39, 0.29) is 11.4 Å². The van der Waals surface area contributed by atoms with Gasteiger partial charge in [-0.05, 0) is 48.7 Å². The number of hydroxylamine groups is 2. The van der Waals surface area contributed by atoms with E-state index in [4.69, 9.17) is 15.0 Å². The summed E-state index contributed by atoms with van der Waals surface area (Å²) in [6.07, 6.45) is 3.26. The molecule has 140 valence electrons. The lowest BCUT2D eigenvalue weighted by Gasteiger charge is -2.22. The van der Waals surface area contributed by atoms with Crippen LogP contribution in [0.5, 0.6) is 5.75 Å². The molecule has 6 nitrogen and oxygen atoms in total. The van der Waals surface area contributed by atoms with E-state index in [0.29, 0.717) is 18.2 Å². The zero-order valence-electron chi connectivity index (χ0n) is 15.6. The smallest absolute Gasteiger partial charge is 0.282 e. The average molecular weight is 373 g/mol. The molecule has 0 aromatic heterocycles. The van der Waals surface area contributed by atoms with Gasteiger partial charge in [0.15, 0.2) is 11.7 Å². The summed E-state index contributed by atoms with van der Waals surface area (Å²) in [5, 5.41) is 9.49. The number of aryl methyl sites for hydroxylation is 1. The number of ether oxygens (including phenoxy) is 1. The van der Waals surface area contributed by atoms with Crippen LogP contribution in [-0.4, -0.2) is 22.6 Å². The quantitative estimate of drug-likeness (QED) is 0.821. The molecule has 2 heterocycles. The molecule has 2 aliphatic rings. The average Bonchev–Trinajstić information content (AvgIpc) is 3.06. The first kappa shape index (κ1) is 17.7. The fourth-order valence-electron chi connectivity index (χ4n) is 2.96. The van der Waals surface area contributed by atoms with Gasteiger partial charge < -0.3 is 9.57 Å². The third-order valence-electron chi connectivity index (χ3n) is 4.53. The van der Waals surface area contributed by atoms with Crippen molar-refractivity contribution in [3.05, 3.63) is 82.6 Å². The predicted octanol–water partition coefficient (Wildman–Crippen LogP) is 4.02. The van der Waals surface area contributed by atoms with E-state index in [2.05, 4.69) is 18.0 Å². The summed E-state index contributed by atoms with van der Waals surface area (Å²) in [5.41, 5.74) is 3.28. The van der Waals surface area contributed by atoms with Crippen LogP contribution in [-0.2, 0) is 16.2 Å². The minimum absolute atomic E-state index is 0.0250. The number of hydrogen-bond donors (Lipinski definition) is 1. The maximum atomic E-state index is 12.3. The van der Waals surface area contributed by atoms with Gasteiger partial charge in [-0.25, -0.2) is 0 Å². The Morgan fingerprint density at radius 1 is 1.14 bits per heavy atom. The van der Waals surface area contributed by atoms with E-state index in [0.717, 1.165) is 16.9 Å². The highest BCUT2D eigenvalue weighted by Gasteiger charge is 2.34. The number of carbonyl (C=O) groups excluding carboxylic acids is 1. The number of fused-ring (bicyclic) bond motifs is 1. The molecule has 2 aromatic carbocycles. The van der Waals surface area contributed by atoms with E-state index < -0.39 is 5.91 Å². The van der Waals surface area contributed by atoms with Gasteiger partial charge in [-0.2, -0.15) is 4.99 Å². The van der Waals surface area contributed by atoms with Crippen LogP contribution in [0.15, 0.2) is 70.9 Å². The van der Waals surface area contributed by atoms with Gasteiger partial charge in [0, 0.05) is 6.08 Å². The molecule has 28 heavy (non-hydrogen) atoms. The second kappa shape index (κ2) is 7.15. The minimum atomic E-state index is -0.453. The van der Waals surface area contributed by atoms with Crippen molar-refractivity contribution in [2.75, 3.05) is 0 Å². The molecule has 1 N–H and O–H groups in total. The molecule has 2 aromatic rings. The lowest BCUT2D eigenvalue weighted by molar-refractivity contribution is -0.114. The Morgan fingerprint density at radius 2 is 1.89 bits per heavy atom. The number of nitrogens with one attached hydrogen (secondary N) is 1. The van der Waals surface area contributed by atoms with Gasteiger partial charge in [0.2, 0.25) is 0 Å². The SMILES string of the molecule is CC1=CC2=NC(=O)/C(=C\c3ccc(OCc4ccccc4C)cc3)C(=N)N2O1. The molecule has 0 aliphatic carbocycles. The van der Waals surface area contributed by atoms with E-state index in [1.165, 1.54) is 10.6 Å². The third-order valence-corrected chi connectivity index (χ3v) is 4.53. The lowest BCUT2D eigenvalue weighted by Crippen LogP contribution is -2.38. The van der Waals surface area contributed by atoms with Crippen molar-refractivity contribution in [3.63, 3.8) is 0 Å².